The standard InChI is InChI=1S/C45H37BN4O2/c1-44(2)45(3,4)52-46(51-44)34-25-27-39(50-38-23-15-14-22-35(38)36-26-24-33(28-40(36)50)30-16-8-5-9-17-30)37(29-34)43-48-41(31-18-10-6-11-19-31)47-42(49-43)32-20-12-7-13-21-32/h5-29H,1-4H3. The van der Waals surface area contributed by atoms with Crippen LogP contribution in [0.4, 0.5) is 0 Å². The zero-order valence-electron chi connectivity index (χ0n) is 29.6. The molecule has 0 amide bonds. The van der Waals surface area contributed by atoms with Gasteiger partial charge in [0.1, 0.15) is 0 Å². The lowest BCUT2D eigenvalue weighted by Gasteiger charge is -2.32. The van der Waals surface area contributed by atoms with Crippen LogP contribution in [-0.4, -0.2) is 37.8 Å². The van der Waals surface area contributed by atoms with Crippen LogP contribution in [0.3, 0.4) is 0 Å². The number of para-hydroxylation sites is 1. The molecular formula is C45H37BN4O2. The molecule has 1 aliphatic heterocycles. The first kappa shape index (κ1) is 32.1. The maximum Gasteiger partial charge on any atom is 0.494 e. The second kappa shape index (κ2) is 12.4. The minimum Gasteiger partial charge on any atom is -0.399 e. The smallest absolute Gasteiger partial charge is 0.399 e. The fraction of sp³-hybridized carbons (Fsp3) is 0.133. The number of benzene rings is 6. The van der Waals surface area contributed by atoms with E-state index in [0.29, 0.717) is 17.5 Å². The predicted molar refractivity (Wildman–Crippen MR) is 212 cm³/mol. The maximum absolute atomic E-state index is 6.58. The van der Waals surface area contributed by atoms with Gasteiger partial charge < -0.3 is 13.9 Å². The molecule has 1 aliphatic rings. The van der Waals surface area contributed by atoms with Crippen LogP contribution in [0.25, 0.3) is 72.8 Å². The van der Waals surface area contributed by atoms with E-state index in [1.54, 1.807) is 0 Å². The van der Waals surface area contributed by atoms with Crippen LogP contribution < -0.4 is 5.46 Å². The van der Waals surface area contributed by atoms with Crippen LogP contribution in [0, 0.1) is 0 Å². The van der Waals surface area contributed by atoms with E-state index in [1.807, 2.05) is 60.7 Å². The zero-order valence-corrected chi connectivity index (χ0v) is 29.6. The van der Waals surface area contributed by atoms with E-state index in [9.17, 15) is 0 Å². The summed E-state index contributed by atoms with van der Waals surface area (Å²) in [7, 11) is -0.565. The summed E-state index contributed by atoms with van der Waals surface area (Å²) in [4.78, 5) is 15.4. The van der Waals surface area contributed by atoms with Crippen LogP contribution in [0.15, 0.2) is 152 Å². The van der Waals surface area contributed by atoms with E-state index in [-0.39, 0.29) is 0 Å². The number of rotatable bonds is 6. The maximum atomic E-state index is 6.58. The van der Waals surface area contributed by atoms with E-state index in [2.05, 4.69) is 123 Å². The minimum atomic E-state index is -0.565. The highest BCUT2D eigenvalue weighted by Crippen LogP contribution is 2.40. The Morgan fingerprint density at radius 3 is 1.60 bits per heavy atom. The van der Waals surface area contributed by atoms with Gasteiger partial charge in [0, 0.05) is 27.5 Å². The van der Waals surface area contributed by atoms with Gasteiger partial charge >= 0.3 is 7.12 Å². The molecule has 2 aromatic heterocycles. The Bertz CT molecular complexity index is 2510. The molecule has 0 aliphatic carbocycles. The van der Waals surface area contributed by atoms with Crippen molar-refractivity contribution < 1.29 is 9.31 Å². The average Bonchev–Trinajstić information content (AvgIpc) is 3.63. The Kier molecular flexibility index (Phi) is 7.65. The molecule has 52 heavy (non-hydrogen) atoms. The Morgan fingerprint density at radius 2 is 0.981 bits per heavy atom. The molecule has 6 aromatic carbocycles. The first-order chi connectivity index (χ1) is 25.3. The molecule has 1 saturated heterocycles. The molecule has 0 atom stereocenters. The van der Waals surface area contributed by atoms with Crippen molar-refractivity contribution in [3.8, 4) is 51.0 Å². The Labute approximate surface area is 303 Å². The molecular weight excluding hydrogens is 639 g/mol. The van der Waals surface area contributed by atoms with Gasteiger partial charge in [0.05, 0.1) is 27.9 Å². The third kappa shape index (κ3) is 5.50. The lowest BCUT2D eigenvalue weighted by atomic mass is 9.78. The van der Waals surface area contributed by atoms with Crippen molar-refractivity contribution in [3.05, 3.63) is 152 Å². The van der Waals surface area contributed by atoms with Crippen molar-refractivity contribution in [1.82, 2.24) is 19.5 Å². The normalized spacial score (nSPS) is 15.0. The third-order valence-electron chi connectivity index (χ3n) is 10.5. The quantitative estimate of drug-likeness (QED) is 0.164. The Hall–Kier alpha value is -5.89. The number of hydrogen-bond acceptors (Lipinski definition) is 5. The fourth-order valence-corrected chi connectivity index (χ4v) is 7.02. The zero-order chi connectivity index (χ0) is 35.5. The van der Waals surface area contributed by atoms with Gasteiger partial charge in [-0.1, -0.05) is 127 Å². The Balaban J connectivity index is 1.34. The van der Waals surface area contributed by atoms with E-state index in [4.69, 9.17) is 24.3 Å². The molecule has 0 radical (unpaired) electrons. The van der Waals surface area contributed by atoms with Crippen molar-refractivity contribution in [3.63, 3.8) is 0 Å². The fourth-order valence-electron chi connectivity index (χ4n) is 7.02. The van der Waals surface area contributed by atoms with E-state index >= 15 is 0 Å². The summed E-state index contributed by atoms with van der Waals surface area (Å²) in [5.74, 6) is 1.77. The number of aromatic nitrogens is 4. The number of fused-ring (bicyclic) bond motifs is 3. The Morgan fingerprint density at radius 1 is 0.462 bits per heavy atom. The van der Waals surface area contributed by atoms with Crippen LogP contribution in [-0.2, 0) is 9.31 Å². The SMILES string of the molecule is CC1(C)OB(c2ccc(-n3c4ccccc4c4ccc(-c5ccccc5)cc43)c(-c3nc(-c4ccccc4)nc(-c4ccccc4)n3)c2)OC1(C)C. The predicted octanol–water partition coefficient (Wildman–Crippen LogP) is 9.94. The van der Waals surface area contributed by atoms with Crippen LogP contribution in [0.1, 0.15) is 27.7 Å². The van der Waals surface area contributed by atoms with Gasteiger partial charge in [0.2, 0.25) is 0 Å². The molecule has 6 nitrogen and oxygen atoms in total. The number of hydrogen-bond donors (Lipinski definition) is 0. The molecule has 0 N–H and O–H groups in total. The van der Waals surface area contributed by atoms with Gasteiger partial charge in [-0.15, -0.1) is 0 Å². The molecule has 8 aromatic rings. The summed E-state index contributed by atoms with van der Waals surface area (Å²) < 4.78 is 15.5. The summed E-state index contributed by atoms with van der Waals surface area (Å²) in [6.07, 6.45) is 0. The van der Waals surface area contributed by atoms with Gasteiger partial charge in [-0.3, -0.25) is 0 Å². The average molecular weight is 677 g/mol. The second-order valence-corrected chi connectivity index (χ2v) is 14.4. The summed E-state index contributed by atoms with van der Waals surface area (Å²) in [5.41, 5.74) is 8.01. The van der Waals surface area contributed by atoms with Crippen molar-refractivity contribution in [2.75, 3.05) is 0 Å². The highest BCUT2D eigenvalue weighted by atomic mass is 16.7. The van der Waals surface area contributed by atoms with Crippen molar-refractivity contribution in [2.45, 2.75) is 38.9 Å². The topological polar surface area (TPSA) is 62.1 Å². The third-order valence-corrected chi connectivity index (χ3v) is 10.5. The summed E-state index contributed by atoms with van der Waals surface area (Å²) >= 11 is 0. The van der Waals surface area contributed by atoms with E-state index in [1.165, 1.54) is 10.8 Å². The molecule has 3 heterocycles. The molecule has 7 heteroatoms. The highest BCUT2D eigenvalue weighted by Gasteiger charge is 2.51. The van der Waals surface area contributed by atoms with Gasteiger partial charge in [-0.25, -0.2) is 15.0 Å². The van der Waals surface area contributed by atoms with Crippen LogP contribution in [0.5, 0.6) is 0 Å². The lowest BCUT2D eigenvalue weighted by Crippen LogP contribution is -2.41. The van der Waals surface area contributed by atoms with Gasteiger partial charge in [0.25, 0.3) is 0 Å². The first-order valence-electron chi connectivity index (χ1n) is 17.7. The van der Waals surface area contributed by atoms with Crippen molar-refractivity contribution in [2.24, 2.45) is 0 Å². The van der Waals surface area contributed by atoms with Crippen LogP contribution in [0.2, 0.25) is 0 Å². The van der Waals surface area contributed by atoms with E-state index in [0.717, 1.165) is 50.0 Å². The van der Waals surface area contributed by atoms with Gasteiger partial charge in [0.15, 0.2) is 17.5 Å². The summed E-state index contributed by atoms with van der Waals surface area (Å²) in [6, 6.07) is 52.4. The van der Waals surface area contributed by atoms with E-state index < -0.39 is 18.3 Å². The highest BCUT2D eigenvalue weighted by molar-refractivity contribution is 6.62. The number of nitrogens with zero attached hydrogens (tertiary/aromatic N) is 4. The lowest BCUT2D eigenvalue weighted by molar-refractivity contribution is 0.00578. The largest absolute Gasteiger partial charge is 0.494 e. The molecule has 0 spiro atoms. The molecule has 252 valence electrons. The molecule has 0 unspecified atom stereocenters. The summed E-state index contributed by atoms with van der Waals surface area (Å²) in [6.45, 7) is 8.31. The summed E-state index contributed by atoms with van der Waals surface area (Å²) in [5, 5.41) is 2.34. The molecule has 0 bridgehead atoms. The first-order valence-corrected chi connectivity index (χ1v) is 17.7. The molecule has 1 fully saturated rings. The van der Waals surface area contributed by atoms with Crippen molar-refractivity contribution >= 4 is 34.4 Å². The van der Waals surface area contributed by atoms with Crippen molar-refractivity contribution in [1.29, 1.82) is 0 Å². The molecule has 9 rings (SSSR count). The monoisotopic (exact) mass is 676 g/mol. The van der Waals surface area contributed by atoms with Crippen LogP contribution >= 0.6 is 0 Å². The van der Waals surface area contributed by atoms with Gasteiger partial charge in [-0.2, -0.15) is 0 Å². The molecule has 0 saturated carbocycles. The van der Waals surface area contributed by atoms with Gasteiger partial charge in [-0.05, 0) is 68.6 Å². The second-order valence-electron chi connectivity index (χ2n) is 14.4. The minimum absolute atomic E-state index is 0.495.